The first-order valence-electron chi connectivity index (χ1n) is 9.77. The molecule has 1 fully saturated rings. The van der Waals surface area contributed by atoms with E-state index in [9.17, 15) is 9.90 Å². The van der Waals surface area contributed by atoms with E-state index < -0.39 is 20.2 Å². The predicted octanol–water partition coefficient (Wildman–Crippen LogP) is 4.06. The molecule has 2 aromatic carbocycles. The molecule has 0 radical (unpaired) electrons. The molecule has 0 heterocycles. The highest BCUT2D eigenvalue weighted by Gasteiger charge is 2.53. The summed E-state index contributed by atoms with van der Waals surface area (Å²) < 4.78 is 7.04. The third kappa shape index (κ3) is 3.74. The zero-order valence-electron chi connectivity index (χ0n) is 16.7. The van der Waals surface area contributed by atoms with E-state index >= 15 is 0 Å². The number of hydrogen-bond acceptors (Lipinski definition) is 2. The lowest BCUT2D eigenvalue weighted by atomic mass is 10.1. The van der Waals surface area contributed by atoms with E-state index in [1.807, 2.05) is 12.1 Å². The highest BCUT2D eigenvalue weighted by atomic mass is 28.4. The maximum Gasteiger partial charge on any atom is 0.309 e. The molecule has 0 spiro atoms. The SMILES string of the molecule is CC1CC(C(=O)O)[C@H](O[Si](c2ccccc2)(c2ccccc2)C(C)(C)C)C1. The van der Waals surface area contributed by atoms with Gasteiger partial charge in [0.1, 0.15) is 0 Å². The van der Waals surface area contributed by atoms with Gasteiger partial charge >= 0.3 is 5.97 Å². The molecule has 0 bridgehead atoms. The Labute approximate surface area is 163 Å². The van der Waals surface area contributed by atoms with Crippen LogP contribution in [-0.2, 0) is 9.22 Å². The van der Waals surface area contributed by atoms with Crippen LogP contribution in [0.5, 0.6) is 0 Å². The van der Waals surface area contributed by atoms with E-state index in [1.165, 1.54) is 10.4 Å². The zero-order chi connectivity index (χ0) is 19.7. The van der Waals surface area contributed by atoms with E-state index in [2.05, 4.69) is 76.2 Å². The van der Waals surface area contributed by atoms with Crippen LogP contribution >= 0.6 is 0 Å². The molecule has 3 nitrogen and oxygen atoms in total. The van der Waals surface area contributed by atoms with Gasteiger partial charge in [0.05, 0.1) is 12.0 Å². The molecule has 144 valence electrons. The Morgan fingerprint density at radius 3 is 1.85 bits per heavy atom. The Bertz CT molecular complexity index is 728. The number of hydrogen-bond donors (Lipinski definition) is 1. The van der Waals surface area contributed by atoms with Crippen LogP contribution in [0.3, 0.4) is 0 Å². The Hall–Kier alpha value is -1.91. The van der Waals surface area contributed by atoms with Crippen molar-refractivity contribution >= 4 is 24.7 Å². The second-order valence-corrected chi connectivity index (χ2v) is 13.1. The fraction of sp³-hybridized carbons (Fsp3) is 0.435. The lowest BCUT2D eigenvalue weighted by molar-refractivity contribution is -0.144. The molecule has 4 heteroatoms. The number of benzene rings is 2. The molecule has 3 atom stereocenters. The van der Waals surface area contributed by atoms with Gasteiger partial charge in [-0.25, -0.2) is 0 Å². The molecular weight excluding hydrogens is 352 g/mol. The quantitative estimate of drug-likeness (QED) is 0.793. The van der Waals surface area contributed by atoms with Crippen LogP contribution in [-0.4, -0.2) is 25.5 Å². The smallest absolute Gasteiger partial charge is 0.309 e. The van der Waals surface area contributed by atoms with Crippen molar-refractivity contribution in [3.8, 4) is 0 Å². The Kier molecular flexibility index (Phi) is 5.59. The van der Waals surface area contributed by atoms with Gasteiger partial charge in [-0.05, 0) is 34.2 Å². The maximum absolute atomic E-state index is 11.9. The minimum Gasteiger partial charge on any atom is -0.481 e. The van der Waals surface area contributed by atoms with Crippen molar-refractivity contribution in [1.82, 2.24) is 0 Å². The average Bonchev–Trinajstić information content (AvgIpc) is 3.00. The van der Waals surface area contributed by atoms with E-state index in [4.69, 9.17) is 4.43 Å². The van der Waals surface area contributed by atoms with E-state index in [0.717, 1.165) is 6.42 Å². The lowest BCUT2D eigenvalue weighted by Crippen LogP contribution is -2.68. The van der Waals surface area contributed by atoms with Crippen LogP contribution in [0.1, 0.15) is 40.5 Å². The third-order valence-electron chi connectivity index (χ3n) is 5.80. The van der Waals surface area contributed by atoms with Crippen molar-refractivity contribution in [3.05, 3.63) is 60.7 Å². The zero-order valence-corrected chi connectivity index (χ0v) is 17.7. The first-order chi connectivity index (χ1) is 12.8. The van der Waals surface area contributed by atoms with Crippen molar-refractivity contribution in [2.24, 2.45) is 11.8 Å². The molecule has 1 saturated carbocycles. The van der Waals surface area contributed by atoms with Crippen LogP contribution in [0.2, 0.25) is 5.04 Å². The van der Waals surface area contributed by atoms with E-state index in [0.29, 0.717) is 12.3 Å². The van der Waals surface area contributed by atoms with Crippen molar-refractivity contribution in [2.45, 2.75) is 51.7 Å². The van der Waals surface area contributed by atoms with Crippen molar-refractivity contribution in [2.75, 3.05) is 0 Å². The molecule has 2 unspecified atom stereocenters. The van der Waals surface area contributed by atoms with Crippen LogP contribution in [0.15, 0.2) is 60.7 Å². The van der Waals surface area contributed by atoms with Gasteiger partial charge in [0, 0.05) is 0 Å². The topological polar surface area (TPSA) is 46.5 Å². The summed E-state index contributed by atoms with van der Waals surface area (Å²) in [5.74, 6) is -0.793. The normalized spacial score (nSPS) is 23.3. The summed E-state index contributed by atoms with van der Waals surface area (Å²) in [7, 11) is -2.69. The molecule has 27 heavy (non-hydrogen) atoms. The van der Waals surface area contributed by atoms with E-state index in [1.54, 1.807) is 0 Å². The van der Waals surface area contributed by atoms with Crippen LogP contribution in [0.4, 0.5) is 0 Å². The van der Waals surface area contributed by atoms with Gasteiger partial charge in [0.15, 0.2) is 0 Å². The second kappa shape index (κ2) is 7.61. The Morgan fingerprint density at radius 1 is 0.963 bits per heavy atom. The van der Waals surface area contributed by atoms with Gasteiger partial charge in [-0.2, -0.15) is 0 Å². The number of aliphatic carboxylic acids is 1. The highest BCUT2D eigenvalue weighted by molar-refractivity contribution is 6.99. The monoisotopic (exact) mass is 382 g/mol. The minimum absolute atomic E-state index is 0.134. The summed E-state index contributed by atoms with van der Waals surface area (Å²) in [5.41, 5.74) is 0. The minimum atomic E-state index is -2.69. The molecule has 0 amide bonds. The van der Waals surface area contributed by atoms with Gasteiger partial charge < -0.3 is 9.53 Å². The Balaban J connectivity index is 2.17. The fourth-order valence-electron chi connectivity index (χ4n) is 4.55. The molecule has 1 aliphatic rings. The number of carbonyl (C=O) groups is 1. The molecule has 0 aliphatic heterocycles. The summed E-state index contributed by atoms with van der Waals surface area (Å²) in [6.07, 6.45) is 1.25. The maximum atomic E-state index is 11.9. The largest absolute Gasteiger partial charge is 0.481 e. The van der Waals surface area contributed by atoms with Crippen LogP contribution < -0.4 is 10.4 Å². The second-order valence-electron chi connectivity index (χ2n) is 8.84. The van der Waals surface area contributed by atoms with Gasteiger partial charge in [-0.15, -0.1) is 0 Å². The molecule has 2 aromatic rings. The molecule has 0 aromatic heterocycles. The molecule has 1 N–H and O–H groups in total. The van der Waals surface area contributed by atoms with Gasteiger partial charge in [0.2, 0.25) is 0 Å². The van der Waals surface area contributed by atoms with Gasteiger partial charge in [0.25, 0.3) is 8.32 Å². The number of carboxylic acids is 1. The molecule has 0 saturated heterocycles. The highest BCUT2D eigenvalue weighted by Crippen LogP contribution is 2.42. The summed E-state index contributed by atoms with van der Waals surface area (Å²) >= 11 is 0. The first kappa shape index (κ1) is 19.8. The van der Waals surface area contributed by atoms with Crippen molar-refractivity contribution in [1.29, 1.82) is 0 Å². The molecule has 3 rings (SSSR count). The number of rotatable bonds is 5. The molecule has 1 aliphatic carbocycles. The Morgan fingerprint density at radius 2 is 1.44 bits per heavy atom. The summed E-state index contributed by atoms with van der Waals surface area (Å²) in [5, 5.41) is 12.0. The fourth-order valence-corrected chi connectivity index (χ4v) is 9.28. The van der Waals surface area contributed by atoms with Gasteiger partial charge in [-0.1, -0.05) is 88.4 Å². The number of carboxylic acid groups (broad SMARTS) is 1. The van der Waals surface area contributed by atoms with Gasteiger partial charge in [-0.3, -0.25) is 4.79 Å². The van der Waals surface area contributed by atoms with Crippen molar-refractivity contribution < 1.29 is 14.3 Å². The first-order valence-corrected chi connectivity index (χ1v) is 11.7. The summed E-state index contributed by atoms with van der Waals surface area (Å²) in [6.45, 7) is 8.82. The van der Waals surface area contributed by atoms with Crippen molar-refractivity contribution in [3.63, 3.8) is 0 Å². The molecular formula is C23H30O3Si. The standard InChI is InChI=1S/C23H30O3Si/c1-17-15-20(22(24)25)21(16-17)26-27(23(2,3)4,18-11-7-5-8-12-18)19-13-9-6-10-14-19/h5-14,17,20-21H,15-16H2,1-4H3,(H,24,25)/t17?,20?,21-/m1/s1. The third-order valence-corrected chi connectivity index (χ3v) is 10.9. The lowest BCUT2D eigenvalue weighted by Gasteiger charge is -2.45. The summed E-state index contributed by atoms with van der Waals surface area (Å²) in [6, 6.07) is 20.9. The van der Waals surface area contributed by atoms with E-state index in [-0.39, 0.29) is 11.1 Å². The average molecular weight is 383 g/mol. The van der Waals surface area contributed by atoms with Crippen LogP contribution in [0.25, 0.3) is 0 Å². The summed E-state index contributed by atoms with van der Waals surface area (Å²) in [4.78, 5) is 11.9. The van der Waals surface area contributed by atoms with Crippen LogP contribution in [0, 0.1) is 11.8 Å². The predicted molar refractivity (Wildman–Crippen MR) is 112 cm³/mol.